The molecule has 104 heavy (non-hydrogen) atoms. The summed E-state index contributed by atoms with van der Waals surface area (Å²) in [6.45, 7) is 4.01. The first-order chi connectivity index (χ1) is 46.5. The van der Waals surface area contributed by atoms with Crippen molar-refractivity contribution in [2.45, 2.75) is 60.6 Å². The number of hydrogen-bond donors (Lipinski definition) is 2. The van der Waals surface area contributed by atoms with E-state index in [9.17, 15) is 24.6 Å². The number of fused-ring (bicyclic) bond motifs is 3. The van der Waals surface area contributed by atoms with Gasteiger partial charge in [-0.05, 0) is 147 Å². The zero-order valence-electron chi connectivity index (χ0n) is 56.0. The van der Waals surface area contributed by atoms with Gasteiger partial charge in [0.05, 0.1) is 51.2 Å². The molecule has 3 unspecified atom stereocenters. The van der Waals surface area contributed by atoms with E-state index in [1.54, 1.807) is 114 Å². The summed E-state index contributed by atoms with van der Waals surface area (Å²) < 4.78 is 58.2. The van der Waals surface area contributed by atoms with Gasteiger partial charge in [0.15, 0.2) is 16.7 Å². The molecule has 0 amide bonds. The molecule has 3 N–H and O–H groups in total. The quantitative estimate of drug-likeness (QED) is 0.0190. The van der Waals surface area contributed by atoms with Crippen LogP contribution in [-0.2, 0) is 33.5 Å². The first kappa shape index (κ1) is 97.8. The van der Waals surface area contributed by atoms with Gasteiger partial charge in [0.25, 0.3) is 6.47 Å². The number of para-hydroxylation sites is 6. The second-order valence-corrected chi connectivity index (χ2v) is 23.3. The number of carboxylic acids is 1. The van der Waals surface area contributed by atoms with Crippen LogP contribution >= 0.6 is 63.7 Å². The van der Waals surface area contributed by atoms with E-state index in [1.165, 1.54) is 0 Å². The number of methoxy groups -OCH3 is 3. The summed E-state index contributed by atoms with van der Waals surface area (Å²) in [5, 5.41) is 28.0. The van der Waals surface area contributed by atoms with E-state index in [2.05, 4.69) is 83.6 Å². The topological polar surface area (TPSA) is 314 Å². The molecular weight excluding hydrogens is 1650 g/mol. The number of carbonyl (C=O) groups is 4. The van der Waals surface area contributed by atoms with Crippen LogP contribution in [0.5, 0.6) is 34.5 Å². The van der Waals surface area contributed by atoms with Crippen LogP contribution in [0, 0.1) is 0 Å². The van der Waals surface area contributed by atoms with Gasteiger partial charge in [-0.25, -0.2) is 24.5 Å². The van der Waals surface area contributed by atoms with Crippen molar-refractivity contribution < 1.29 is 214 Å². The number of carboxylic acid groups (broad SMARTS) is 1. The van der Waals surface area contributed by atoms with E-state index in [-0.39, 0.29) is 188 Å². The molecular formula is C75H76Br4K2LiN3O19. The predicted octanol–water partition coefficient (Wildman–Crippen LogP) is 10.0. The van der Waals surface area contributed by atoms with E-state index in [4.69, 9.17) is 56.5 Å². The Bertz CT molecular complexity index is 4480. The van der Waals surface area contributed by atoms with Crippen molar-refractivity contribution in [1.29, 1.82) is 0 Å². The van der Waals surface area contributed by atoms with Gasteiger partial charge >= 0.3 is 140 Å². The number of ether oxygens (including phenoxy) is 7. The van der Waals surface area contributed by atoms with E-state index in [1.807, 2.05) is 121 Å². The van der Waals surface area contributed by atoms with Crippen LogP contribution in [0.3, 0.4) is 0 Å². The van der Waals surface area contributed by atoms with Crippen molar-refractivity contribution in [3.63, 3.8) is 0 Å². The average molecular weight is 1730 g/mol. The Labute approximate surface area is 735 Å². The Morgan fingerprint density at radius 1 is 0.500 bits per heavy atom. The number of halogens is 4. The molecule has 0 aliphatic heterocycles. The number of aliphatic carboxylic acids is 1. The Kier molecular flexibility index (Phi) is 46.6. The largest absolute Gasteiger partial charge is 1.00 e. The maximum atomic E-state index is 12.7. The second-order valence-electron chi connectivity index (χ2n) is 19.6. The summed E-state index contributed by atoms with van der Waals surface area (Å²) in [5.41, 5.74) is 7.81. The van der Waals surface area contributed by atoms with Crippen molar-refractivity contribution in [3.05, 3.63) is 230 Å². The summed E-state index contributed by atoms with van der Waals surface area (Å²) in [6.07, 6.45) is -2.15. The van der Waals surface area contributed by atoms with Gasteiger partial charge in [0.2, 0.25) is 29.9 Å². The third-order valence-electron chi connectivity index (χ3n) is 13.4. The fourth-order valence-corrected chi connectivity index (χ4v) is 10.1. The number of phenols is 1. The van der Waals surface area contributed by atoms with Gasteiger partial charge in [0.1, 0.15) is 55.9 Å². The number of aromatic nitrogens is 3. The maximum absolute atomic E-state index is 12.7. The number of alkyl halides is 1. The minimum Gasteiger partial charge on any atom is -1.00 e. The molecule has 0 fully saturated rings. The summed E-state index contributed by atoms with van der Waals surface area (Å²) in [4.78, 5) is 60.2. The first-order valence-electron chi connectivity index (χ1n) is 28.8. The Balaban J connectivity index is 0. The minimum absolute atomic E-state index is 0. The van der Waals surface area contributed by atoms with Gasteiger partial charge in [-0.3, -0.25) is 9.59 Å². The third-order valence-corrected chi connectivity index (χ3v) is 15.9. The van der Waals surface area contributed by atoms with Crippen LogP contribution in [0.4, 0.5) is 0 Å². The zero-order chi connectivity index (χ0) is 68.7. The van der Waals surface area contributed by atoms with Crippen molar-refractivity contribution in [1.82, 2.24) is 15.0 Å². The standard InChI is InChI=1S/C24H20BrNO5.C22H16BrNO5.C14H11NO3.C10H10Br2O2.CH2O3.4CH4.2K.Li.H2O.H/c1-3-29-24(27)22(15-8-10-16(25)11-9-15)30-20-13-12-17(28-2)14-18(20)23-26-19-6-4-5-7-21(19)31-23;1-27-15-10-11-18(28-20(22(25)26)13-6-8-14(23)9-7-13)16(12-15)21-24-17-4-2-3-5-19(17)29-21;1-17-9-6-7-12(16)10(8-9)14-15-11-4-2-3-5-13(11)18-14;1-2-14-10(13)9(12)7-3-5-8(11)6-4-7;2-1-4-3;;;;;;;;;/h4-14,22H,3H2,1-2H3;2-12,20H,1H3,(H,25,26);2-8,16H,1H3;3-6,9H,2H2,1H3;1,3H;4*1H4;;;;1H2;/q;;;;;;;;;3*+1;;-1/p-2. The summed E-state index contributed by atoms with van der Waals surface area (Å²) in [7, 11) is 4.70. The molecule has 12 rings (SSSR count). The maximum Gasteiger partial charge on any atom is 1.00 e. The van der Waals surface area contributed by atoms with Crippen molar-refractivity contribution >= 4 is 121 Å². The number of hydrogen-bond acceptors (Lipinski definition) is 21. The second kappa shape index (κ2) is 49.6. The molecule has 3 aromatic heterocycles. The third kappa shape index (κ3) is 27.5. The summed E-state index contributed by atoms with van der Waals surface area (Å²) in [6, 6.07) is 59.4. The number of carbonyl (C=O) groups excluding carboxylic acids is 3. The molecule has 0 aliphatic carbocycles. The van der Waals surface area contributed by atoms with E-state index in [0.717, 1.165) is 30.0 Å². The molecule has 3 atom stereocenters. The van der Waals surface area contributed by atoms with Gasteiger partial charge in [-0.15, -0.1) is 0 Å². The molecule has 3 heterocycles. The van der Waals surface area contributed by atoms with Gasteiger partial charge < -0.3 is 73.7 Å². The van der Waals surface area contributed by atoms with Gasteiger partial charge in [-0.1, -0.05) is 166 Å². The van der Waals surface area contributed by atoms with Crippen molar-refractivity contribution in [2.24, 2.45) is 0 Å². The predicted molar refractivity (Wildman–Crippen MR) is 399 cm³/mol. The minimum atomic E-state index is -1.19. The molecule has 22 nitrogen and oxygen atoms in total. The van der Waals surface area contributed by atoms with Crippen LogP contribution in [0.25, 0.3) is 67.7 Å². The van der Waals surface area contributed by atoms with Crippen molar-refractivity contribution in [3.8, 4) is 68.9 Å². The summed E-state index contributed by atoms with van der Waals surface area (Å²) in [5.74, 6) is 1.92. The average Bonchev–Trinajstić information content (AvgIpc) is 1.72. The zero-order valence-corrected chi connectivity index (χ0v) is 67.6. The van der Waals surface area contributed by atoms with Crippen molar-refractivity contribution in [2.75, 3.05) is 34.5 Å². The molecule has 0 radical (unpaired) electrons. The van der Waals surface area contributed by atoms with E-state index >= 15 is 0 Å². The Morgan fingerprint density at radius 2 is 0.817 bits per heavy atom. The SMILES string of the molecule is C.C.C.C.CCOC(=O)C(Br)c1ccc(Br)cc1.CCOC(=O)C(Oc1ccc(OC)cc1-c1nc2ccccc2o1)c1ccc(Br)cc1.COc1ccc(O)c(-c2nc3ccccc3o2)c1.COc1ccc(OC(C(=O)O)c2ccc(Br)cc2)c(-c2nc3ccccc3o2)c1.O=CO[O-].[H-].[K+].[K+].[Li+].[OH-]. The Hall–Kier alpha value is -6.22. The van der Waals surface area contributed by atoms with E-state index in [0.29, 0.717) is 103 Å². The fraction of sp³-hybridized carbons (Fsp3) is 0.187. The molecule has 536 valence electrons. The van der Waals surface area contributed by atoms with E-state index < -0.39 is 24.1 Å². The van der Waals surface area contributed by atoms with Crippen LogP contribution in [0.2, 0.25) is 0 Å². The monoisotopic (exact) mass is 1720 g/mol. The normalized spacial score (nSPS) is 10.6. The first-order valence-corrected chi connectivity index (χ1v) is 32.1. The number of rotatable bonds is 19. The molecule has 0 saturated heterocycles. The van der Waals surface area contributed by atoms with Gasteiger partial charge in [-0.2, -0.15) is 0 Å². The molecule has 0 saturated carbocycles. The Morgan fingerprint density at radius 3 is 1.16 bits per heavy atom. The fourth-order valence-electron chi connectivity index (χ4n) is 8.83. The van der Waals surface area contributed by atoms with Crippen LogP contribution in [-0.4, -0.2) is 89.6 Å². The molecule has 29 heteroatoms. The number of esters is 2. The van der Waals surface area contributed by atoms with Crippen LogP contribution in [0.1, 0.15) is 78.7 Å². The molecule has 0 spiro atoms. The summed E-state index contributed by atoms with van der Waals surface area (Å²) >= 11 is 13.4. The molecule has 0 aliphatic rings. The molecule has 9 aromatic carbocycles. The molecule has 0 bridgehead atoms. The van der Waals surface area contributed by atoms with Crippen LogP contribution in [0.15, 0.2) is 227 Å². The number of aromatic hydroxyl groups is 1. The number of oxazole rings is 3. The number of benzene rings is 9. The number of phenolic OH excluding ortho intramolecular Hbond substituents is 1. The smallest absolute Gasteiger partial charge is 1.00 e. The number of nitrogens with zero attached hydrogens (tertiary/aromatic N) is 3. The van der Waals surface area contributed by atoms with Gasteiger partial charge in [0, 0.05) is 24.5 Å². The molecule has 12 aromatic rings. The van der Waals surface area contributed by atoms with Crippen LogP contribution < -0.4 is 151 Å².